The number of hydrogen-bond donors (Lipinski definition) is 2. The summed E-state index contributed by atoms with van der Waals surface area (Å²) >= 11 is 0. The molecule has 2 aromatic carbocycles. The largest absolute Gasteiger partial charge is 0.478 e. The number of carboxylic acids is 1. The van der Waals surface area contributed by atoms with E-state index < -0.39 is 23.8 Å². The van der Waals surface area contributed by atoms with Gasteiger partial charge in [0.15, 0.2) is 0 Å². The molecule has 1 heterocycles. The molecule has 0 aromatic heterocycles. The maximum atomic E-state index is 13.5. The van der Waals surface area contributed by atoms with Gasteiger partial charge in [0.2, 0.25) is 0 Å². The van der Waals surface area contributed by atoms with Crippen LogP contribution < -0.4 is 5.32 Å². The van der Waals surface area contributed by atoms with Gasteiger partial charge >= 0.3 is 12.1 Å². The lowest BCUT2D eigenvalue weighted by Crippen LogP contribution is -2.31. The van der Waals surface area contributed by atoms with Gasteiger partial charge in [0, 0.05) is 5.92 Å². The van der Waals surface area contributed by atoms with Crippen LogP contribution in [-0.2, 0) is 6.18 Å². The third-order valence-electron chi connectivity index (χ3n) is 5.23. The Hall–Kier alpha value is -2.76. The summed E-state index contributed by atoms with van der Waals surface area (Å²) in [6.45, 7) is 0. The number of fused-ring (bicyclic) bond motifs is 3. The zero-order chi connectivity index (χ0) is 18.5. The summed E-state index contributed by atoms with van der Waals surface area (Å²) in [6.07, 6.45) is 0.0972. The molecular formula is C20H16F3NO2. The number of allylic oxidation sites excluding steroid dienone is 2. The van der Waals surface area contributed by atoms with Gasteiger partial charge in [-0.2, -0.15) is 13.2 Å². The summed E-state index contributed by atoms with van der Waals surface area (Å²) in [7, 11) is 0. The Morgan fingerprint density at radius 1 is 1.08 bits per heavy atom. The Morgan fingerprint density at radius 3 is 2.54 bits per heavy atom. The highest BCUT2D eigenvalue weighted by molar-refractivity contribution is 5.90. The Morgan fingerprint density at radius 2 is 1.81 bits per heavy atom. The minimum absolute atomic E-state index is 0.0218. The van der Waals surface area contributed by atoms with Crippen LogP contribution in [0.15, 0.2) is 54.6 Å². The first-order valence-corrected chi connectivity index (χ1v) is 8.33. The molecule has 0 amide bonds. The molecule has 26 heavy (non-hydrogen) atoms. The van der Waals surface area contributed by atoms with E-state index in [2.05, 4.69) is 5.32 Å². The lowest BCUT2D eigenvalue weighted by atomic mass is 9.75. The van der Waals surface area contributed by atoms with Gasteiger partial charge < -0.3 is 10.4 Å². The summed E-state index contributed by atoms with van der Waals surface area (Å²) < 4.78 is 40.5. The van der Waals surface area contributed by atoms with Crippen molar-refractivity contribution in [2.75, 3.05) is 5.32 Å². The molecule has 0 fully saturated rings. The van der Waals surface area contributed by atoms with E-state index in [0.29, 0.717) is 17.5 Å². The molecule has 2 N–H and O–H groups in total. The molecule has 134 valence electrons. The third-order valence-corrected chi connectivity index (χ3v) is 5.23. The van der Waals surface area contributed by atoms with Crippen LogP contribution >= 0.6 is 0 Å². The number of hydrogen-bond acceptors (Lipinski definition) is 2. The van der Waals surface area contributed by atoms with Crippen LogP contribution in [0.3, 0.4) is 0 Å². The van der Waals surface area contributed by atoms with Crippen molar-refractivity contribution >= 4 is 11.7 Å². The van der Waals surface area contributed by atoms with Crippen LogP contribution in [0, 0.1) is 5.92 Å². The van der Waals surface area contributed by atoms with E-state index in [-0.39, 0.29) is 23.1 Å². The van der Waals surface area contributed by atoms with Gasteiger partial charge in [0.1, 0.15) is 0 Å². The summed E-state index contributed by atoms with van der Waals surface area (Å²) in [5.74, 6) is -1.27. The van der Waals surface area contributed by atoms with E-state index in [1.807, 2.05) is 12.2 Å². The number of alkyl halides is 3. The molecule has 1 aliphatic carbocycles. The minimum atomic E-state index is -4.48. The number of anilines is 1. The van der Waals surface area contributed by atoms with Crippen LogP contribution in [0.4, 0.5) is 18.9 Å². The fourth-order valence-corrected chi connectivity index (χ4v) is 4.13. The average Bonchev–Trinajstić information content (AvgIpc) is 3.09. The van der Waals surface area contributed by atoms with Crippen LogP contribution in [0.2, 0.25) is 0 Å². The standard InChI is InChI=1S/C20H16F3NO2/c21-20(22,23)16-10-4-9-13-11-7-3-8-12(11)17(24-18(13)16)14-5-1-2-6-15(14)19(25)26/h1-7,9-12,17,24H,8H2,(H,25,26)/t11-,12+,17+/m0/s1. The van der Waals surface area contributed by atoms with Gasteiger partial charge in [-0.05, 0) is 35.6 Å². The van der Waals surface area contributed by atoms with E-state index in [9.17, 15) is 23.1 Å². The molecule has 2 aromatic rings. The maximum Gasteiger partial charge on any atom is 0.418 e. The Labute approximate surface area is 148 Å². The van der Waals surface area contributed by atoms with Crippen LogP contribution in [0.25, 0.3) is 0 Å². The predicted molar refractivity (Wildman–Crippen MR) is 91.2 cm³/mol. The highest BCUT2D eigenvalue weighted by Crippen LogP contribution is 2.52. The topological polar surface area (TPSA) is 49.3 Å². The summed E-state index contributed by atoms with van der Waals surface area (Å²) in [6, 6.07) is 10.2. The Bertz CT molecular complexity index is 904. The highest BCUT2D eigenvalue weighted by Gasteiger charge is 2.43. The number of nitrogens with one attached hydrogen (secondary N) is 1. The number of para-hydroxylation sites is 1. The van der Waals surface area contributed by atoms with Crippen molar-refractivity contribution in [1.29, 1.82) is 0 Å². The number of carboxylic acid groups (broad SMARTS) is 1. The monoisotopic (exact) mass is 359 g/mol. The molecule has 0 spiro atoms. The second-order valence-electron chi connectivity index (χ2n) is 6.64. The molecule has 2 aliphatic rings. The molecule has 0 bridgehead atoms. The van der Waals surface area contributed by atoms with Crippen molar-refractivity contribution in [2.45, 2.75) is 24.6 Å². The molecular weight excluding hydrogens is 343 g/mol. The van der Waals surface area contributed by atoms with E-state index in [1.54, 1.807) is 24.3 Å². The first-order chi connectivity index (χ1) is 12.4. The van der Waals surface area contributed by atoms with Crippen molar-refractivity contribution < 1.29 is 23.1 Å². The van der Waals surface area contributed by atoms with E-state index >= 15 is 0 Å². The Balaban J connectivity index is 1.88. The van der Waals surface area contributed by atoms with Gasteiger partial charge in [0.05, 0.1) is 22.9 Å². The van der Waals surface area contributed by atoms with Crippen molar-refractivity contribution in [2.24, 2.45) is 5.92 Å². The lowest BCUT2D eigenvalue weighted by molar-refractivity contribution is -0.137. The fraction of sp³-hybridized carbons (Fsp3) is 0.250. The van der Waals surface area contributed by atoms with E-state index in [1.165, 1.54) is 12.1 Å². The molecule has 0 radical (unpaired) electrons. The smallest absolute Gasteiger partial charge is 0.418 e. The summed E-state index contributed by atoms with van der Waals surface area (Å²) in [4.78, 5) is 11.6. The van der Waals surface area contributed by atoms with E-state index in [4.69, 9.17) is 0 Å². The molecule has 0 saturated carbocycles. The second-order valence-corrected chi connectivity index (χ2v) is 6.64. The van der Waals surface area contributed by atoms with E-state index in [0.717, 1.165) is 6.07 Å². The molecule has 1 aliphatic heterocycles. The average molecular weight is 359 g/mol. The zero-order valence-electron chi connectivity index (χ0n) is 13.6. The van der Waals surface area contributed by atoms with Crippen molar-refractivity contribution in [3.63, 3.8) is 0 Å². The molecule has 4 rings (SSSR count). The number of rotatable bonds is 2. The Kier molecular flexibility index (Phi) is 3.79. The second kappa shape index (κ2) is 5.90. The fourth-order valence-electron chi connectivity index (χ4n) is 4.13. The maximum absolute atomic E-state index is 13.5. The lowest BCUT2D eigenvalue weighted by Gasteiger charge is -2.39. The first-order valence-electron chi connectivity index (χ1n) is 8.33. The van der Waals surface area contributed by atoms with Crippen molar-refractivity contribution in [3.05, 3.63) is 76.9 Å². The van der Waals surface area contributed by atoms with Gasteiger partial charge in [-0.3, -0.25) is 0 Å². The SMILES string of the molecule is O=C(O)c1ccccc1[C@@H]1Nc2c(cccc2C(F)(F)F)[C@H]2C=CC[C@H]21. The highest BCUT2D eigenvalue weighted by atomic mass is 19.4. The zero-order valence-corrected chi connectivity index (χ0v) is 13.6. The van der Waals surface area contributed by atoms with Gasteiger partial charge in [-0.1, -0.05) is 42.5 Å². The molecule has 6 heteroatoms. The van der Waals surface area contributed by atoms with Crippen molar-refractivity contribution in [1.82, 2.24) is 0 Å². The van der Waals surface area contributed by atoms with Gasteiger partial charge in [-0.25, -0.2) is 4.79 Å². The number of benzene rings is 2. The van der Waals surface area contributed by atoms with Gasteiger partial charge in [0.25, 0.3) is 0 Å². The number of halogens is 3. The summed E-state index contributed by atoms with van der Waals surface area (Å²) in [5.41, 5.74) is 0.581. The number of carbonyl (C=O) groups is 1. The van der Waals surface area contributed by atoms with Gasteiger partial charge in [-0.15, -0.1) is 0 Å². The predicted octanol–water partition coefficient (Wildman–Crippen LogP) is 5.23. The molecule has 3 atom stereocenters. The van der Waals surface area contributed by atoms with Crippen LogP contribution in [0.5, 0.6) is 0 Å². The first kappa shape index (κ1) is 16.7. The molecule has 0 unspecified atom stereocenters. The van der Waals surface area contributed by atoms with Crippen molar-refractivity contribution in [3.8, 4) is 0 Å². The van der Waals surface area contributed by atoms with Crippen LogP contribution in [0.1, 0.15) is 45.4 Å². The minimum Gasteiger partial charge on any atom is -0.478 e. The quantitative estimate of drug-likeness (QED) is 0.722. The molecule has 3 nitrogen and oxygen atoms in total. The number of aromatic carboxylic acids is 1. The molecule has 0 saturated heterocycles. The normalized spacial score (nSPS) is 23.9. The van der Waals surface area contributed by atoms with Crippen LogP contribution in [-0.4, -0.2) is 11.1 Å². The summed E-state index contributed by atoms with van der Waals surface area (Å²) in [5, 5.41) is 12.5. The third kappa shape index (κ3) is 2.57.